The Morgan fingerprint density at radius 1 is 0.933 bits per heavy atom. The van der Waals surface area contributed by atoms with Crippen molar-refractivity contribution >= 4 is 0 Å². The minimum absolute atomic E-state index is 0. The van der Waals surface area contributed by atoms with Crippen molar-refractivity contribution in [3.8, 4) is 0 Å². The van der Waals surface area contributed by atoms with Gasteiger partial charge in [0.2, 0.25) is 0 Å². The first-order valence-corrected chi connectivity index (χ1v) is 6.15. The van der Waals surface area contributed by atoms with E-state index in [2.05, 4.69) is 25.7 Å². The average molecular weight is 241 g/mol. The van der Waals surface area contributed by atoms with Gasteiger partial charge in [-0.15, -0.1) is 0 Å². The molecule has 0 aromatic heterocycles. The summed E-state index contributed by atoms with van der Waals surface area (Å²) >= 11 is 0. The number of ether oxygens (including phenoxy) is 1. The van der Waals surface area contributed by atoms with E-state index in [9.17, 15) is 0 Å². The zero-order valence-electron chi connectivity index (χ0n) is 12.2. The first-order valence-electron chi connectivity index (χ1n) is 6.15. The summed E-state index contributed by atoms with van der Waals surface area (Å²) in [4.78, 5) is 2.39. The van der Waals surface area contributed by atoms with E-state index in [1.54, 1.807) is 0 Å². The molecule has 0 unspecified atom stereocenters. The van der Waals surface area contributed by atoms with Gasteiger partial charge in [-0.3, -0.25) is 0 Å². The van der Waals surface area contributed by atoms with Crippen molar-refractivity contribution in [2.45, 2.75) is 46.5 Å². The molecular formula is C12H28KNO. The first kappa shape index (κ1) is 18.9. The van der Waals surface area contributed by atoms with Gasteiger partial charge in [0, 0.05) is 13.2 Å². The molecule has 0 aromatic rings. The monoisotopic (exact) mass is 241 g/mol. The van der Waals surface area contributed by atoms with Crippen molar-refractivity contribution in [3.63, 3.8) is 0 Å². The van der Waals surface area contributed by atoms with Crippen molar-refractivity contribution in [1.82, 2.24) is 4.90 Å². The van der Waals surface area contributed by atoms with Crippen LogP contribution >= 0.6 is 0 Å². The van der Waals surface area contributed by atoms with Crippen LogP contribution in [0.5, 0.6) is 0 Å². The van der Waals surface area contributed by atoms with Crippen LogP contribution in [-0.2, 0) is 4.74 Å². The molecule has 0 amide bonds. The third kappa shape index (κ3) is 13.5. The molecular weight excluding hydrogens is 213 g/mol. The van der Waals surface area contributed by atoms with Crippen LogP contribution in [0.1, 0.15) is 47.9 Å². The van der Waals surface area contributed by atoms with Gasteiger partial charge in [-0.25, -0.2) is 0 Å². The SMILES string of the molecule is CCCCCCOCCN(CC)CC.[H-].[K+]. The van der Waals surface area contributed by atoms with Gasteiger partial charge in [-0.05, 0) is 19.5 Å². The van der Waals surface area contributed by atoms with Crippen molar-refractivity contribution < 1.29 is 57.5 Å². The Labute approximate surface area is 140 Å². The summed E-state index contributed by atoms with van der Waals surface area (Å²) in [6.07, 6.45) is 5.20. The molecule has 0 bridgehead atoms. The van der Waals surface area contributed by atoms with Gasteiger partial charge in [0.25, 0.3) is 0 Å². The van der Waals surface area contributed by atoms with Crippen molar-refractivity contribution in [1.29, 1.82) is 0 Å². The Morgan fingerprint density at radius 2 is 1.60 bits per heavy atom. The van der Waals surface area contributed by atoms with E-state index in [1.807, 2.05) is 0 Å². The minimum Gasteiger partial charge on any atom is -1.00 e. The van der Waals surface area contributed by atoms with Crippen LogP contribution in [0.3, 0.4) is 0 Å². The summed E-state index contributed by atoms with van der Waals surface area (Å²) in [6.45, 7) is 11.8. The molecule has 0 aliphatic carbocycles. The zero-order chi connectivity index (χ0) is 10.6. The smallest absolute Gasteiger partial charge is 1.00 e. The third-order valence-corrected chi connectivity index (χ3v) is 2.59. The van der Waals surface area contributed by atoms with E-state index in [1.165, 1.54) is 25.7 Å². The zero-order valence-corrected chi connectivity index (χ0v) is 14.3. The van der Waals surface area contributed by atoms with Gasteiger partial charge in [-0.1, -0.05) is 40.0 Å². The summed E-state index contributed by atoms with van der Waals surface area (Å²) in [6, 6.07) is 0. The standard InChI is InChI=1S/C12H27NO.K.H/c1-4-7-8-9-11-14-12-10-13(5-2)6-3;;/h4-12H2,1-3H3;;/q;+1;-1. The maximum absolute atomic E-state index is 5.57. The molecule has 0 aliphatic heterocycles. The summed E-state index contributed by atoms with van der Waals surface area (Å²) in [5, 5.41) is 0. The molecule has 88 valence electrons. The molecule has 0 fully saturated rings. The number of rotatable bonds is 10. The number of nitrogens with zero attached hydrogens (tertiary/aromatic N) is 1. The molecule has 2 nitrogen and oxygen atoms in total. The largest absolute Gasteiger partial charge is 1.00 e. The van der Waals surface area contributed by atoms with Crippen LogP contribution < -0.4 is 51.4 Å². The molecule has 0 aromatic carbocycles. The van der Waals surface area contributed by atoms with Gasteiger partial charge < -0.3 is 11.1 Å². The van der Waals surface area contributed by atoms with Gasteiger partial charge in [-0.2, -0.15) is 0 Å². The molecule has 0 saturated carbocycles. The molecule has 0 aliphatic rings. The first-order chi connectivity index (χ1) is 6.85. The minimum atomic E-state index is 0. The summed E-state index contributed by atoms with van der Waals surface area (Å²) < 4.78 is 5.57. The van der Waals surface area contributed by atoms with E-state index in [-0.39, 0.29) is 52.8 Å². The Kier molecular flexibility index (Phi) is 19.6. The quantitative estimate of drug-likeness (QED) is 0.396. The number of hydrogen-bond donors (Lipinski definition) is 0. The van der Waals surface area contributed by atoms with Gasteiger partial charge >= 0.3 is 51.4 Å². The number of unbranched alkanes of at least 4 members (excludes halogenated alkanes) is 3. The fraction of sp³-hybridized carbons (Fsp3) is 1.00. The second kappa shape index (κ2) is 15.6. The fourth-order valence-corrected chi connectivity index (χ4v) is 1.47. The summed E-state index contributed by atoms with van der Waals surface area (Å²) in [7, 11) is 0. The predicted octanol–water partition coefficient (Wildman–Crippen LogP) is 0.0416. The Bertz CT molecular complexity index is 113. The van der Waals surface area contributed by atoms with E-state index in [0.29, 0.717) is 0 Å². The maximum Gasteiger partial charge on any atom is 1.00 e. The second-order valence-electron chi connectivity index (χ2n) is 3.70. The van der Waals surface area contributed by atoms with E-state index >= 15 is 0 Å². The molecule has 0 atom stereocenters. The molecule has 0 saturated heterocycles. The van der Waals surface area contributed by atoms with Crippen LogP contribution in [0.15, 0.2) is 0 Å². The average Bonchev–Trinajstić information content (AvgIpc) is 2.22. The molecule has 0 spiro atoms. The van der Waals surface area contributed by atoms with Crippen molar-refractivity contribution in [2.24, 2.45) is 0 Å². The normalized spacial score (nSPS) is 10.4. The predicted molar refractivity (Wildman–Crippen MR) is 63.9 cm³/mol. The molecule has 0 rings (SSSR count). The van der Waals surface area contributed by atoms with Crippen LogP contribution in [0.2, 0.25) is 0 Å². The summed E-state index contributed by atoms with van der Waals surface area (Å²) in [5.41, 5.74) is 0. The van der Waals surface area contributed by atoms with Crippen molar-refractivity contribution in [2.75, 3.05) is 32.8 Å². The Morgan fingerprint density at radius 3 is 2.13 bits per heavy atom. The van der Waals surface area contributed by atoms with Crippen LogP contribution in [0.25, 0.3) is 0 Å². The number of likely N-dealkylation sites (N-methyl/N-ethyl adjacent to an activating group) is 1. The topological polar surface area (TPSA) is 12.5 Å². The summed E-state index contributed by atoms with van der Waals surface area (Å²) in [5.74, 6) is 0. The van der Waals surface area contributed by atoms with Crippen LogP contribution in [-0.4, -0.2) is 37.7 Å². The number of hydrogen-bond acceptors (Lipinski definition) is 2. The Balaban J connectivity index is -0.000000845. The molecule has 15 heavy (non-hydrogen) atoms. The van der Waals surface area contributed by atoms with Crippen LogP contribution in [0, 0.1) is 0 Å². The van der Waals surface area contributed by atoms with Crippen molar-refractivity contribution in [3.05, 3.63) is 0 Å². The third-order valence-electron chi connectivity index (χ3n) is 2.59. The van der Waals surface area contributed by atoms with E-state index in [4.69, 9.17) is 4.74 Å². The molecule has 3 heteroatoms. The second-order valence-corrected chi connectivity index (χ2v) is 3.70. The van der Waals surface area contributed by atoms with Crippen LogP contribution in [0.4, 0.5) is 0 Å². The van der Waals surface area contributed by atoms with E-state index < -0.39 is 0 Å². The van der Waals surface area contributed by atoms with E-state index in [0.717, 1.165) is 32.8 Å². The van der Waals surface area contributed by atoms with Gasteiger partial charge in [0.05, 0.1) is 6.61 Å². The van der Waals surface area contributed by atoms with Gasteiger partial charge in [0.15, 0.2) is 0 Å². The fourth-order valence-electron chi connectivity index (χ4n) is 1.47. The Hall–Kier alpha value is 1.56. The van der Waals surface area contributed by atoms with Gasteiger partial charge in [0.1, 0.15) is 0 Å². The molecule has 0 radical (unpaired) electrons. The molecule has 0 N–H and O–H groups in total. The maximum atomic E-state index is 5.57. The molecule has 0 heterocycles.